The highest BCUT2D eigenvalue weighted by Crippen LogP contribution is 2.24. The average molecular weight is 305 g/mol. The Hall–Kier alpha value is -1.46. The fraction of sp³-hybridized carbons (Fsp3) is 0.333. The van der Waals surface area contributed by atoms with Crippen LogP contribution in [-0.2, 0) is 6.54 Å². The molecule has 0 saturated heterocycles. The van der Waals surface area contributed by atoms with Gasteiger partial charge in [-0.15, -0.1) is 11.3 Å². The lowest BCUT2D eigenvalue weighted by atomic mass is 10.2. The molecular weight excluding hydrogens is 286 g/mol. The van der Waals surface area contributed by atoms with Gasteiger partial charge in [0.25, 0.3) is 0 Å². The second kappa shape index (κ2) is 6.33. The van der Waals surface area contributed by atoms with Crippen molar-refractivity contribution in [1.29, 1.82) is 0 Å². The van der Waals surface area contributed by atoms with Gasteiger partial charge in [0, 0.05) is 16.6 Å². The number of rotatable bonds is 5. The molecule has 2 heterocycles. The van der Waals surface area contributed by atoms with Crippen LogP contribution < -0.4 is 10.6 Å². The number of hydrogen-bond donors (Lipinski definition) is 1. The van der Waals surface area contributed by atoms with Crippen molar-refractivity contribution in [2.75, 3.05) is 4.90 Å². The van der Waals surface area contributed by atoms with E-state index in [1.54, 1.807) is 11.3 Å². The van der Waals surface area contributed by atoms with E-state index < -0.39 is 0 Å². The van der Waals surface area contributed by atoms with Gasteiger partial charge in [0.15, 0.2) is 0 Å². The molecule has 0 unspecified atom stereocenters. The standard InChI is InChI=1S/C15H19N3S2/c1-10(2)18(9-12-5-4-8-20-12)15-13(14(16)19)7-6-11(3)17-15/h4-8,10H,9H2,1-3H3,(H2,16,19). The van der Waals surface area contributed by atoms with Gasteiger partial charge in [0.2, 0.25) is 0 Å². The van der Waals surface area contributed by atoms with Gasteiger partial charge in [-0.05, 0) is 44.4 Å². The molecule has 20 heavy (non-hydrogen) atoms. The lowest BCUT2D eigenvalue weighted by Crippen LogP contribution is -2.33. The number of aryl methyl sites for hydroxylation is 1. The Labute approximate surface area is 129 Å². The summed E-state index contributed by atoms with van der Waals surface area (Å²) < 4.78 is 0. The summed E-state index contributed by atoms with van der Waals surface area (Å²) in [6, 6.07) is 8.43. The number of aromatic nitrogens is 1. The van der Waals surface area contributed by atoms with Crippen LogP contribution in [0.3, 0.4) is 0 Å². The van der Waals surface area contributed by atoms with E-state index in [1.807, 2.05) is 19.1 Å². The molecule has 2 N–H and O–H groups in total. The first-order valence-corrected chi connectivity index (χ1v) is 7.84. The van der Waals surface area contributed by atoms with Crippen LogP contribution in [0.2, 0.25) is 0 Å². The summed E-state index contributed by atoms with van der Waals surface area (Å²) in [5, 5.41) is 2.09. The van der Waals surface area contributed by atoms with E-state index in [0.717, 1.165) is 23.6 Å². The molecule has 5 heteroatoms. The third kappa shape index (κ3) is 3.35. The zero-order chi connectivity index (χ0) is 14.7. The van der Waals surface area contributed by atoms with Crippen LogP contribution in [0.25, 0.3) is 0 Å². The molecule has 0 spiro atoms. The highest BCUT2D eigenvalue weighted by molar-refractivity contribution is 7.80. The second-order valence-electron chi connectivity index (χ2n) is 4.99. The first-order chi connectivity index (χ1) is 9.49. The van der Waals surface area contributed by atoms with E-state index in [-0.39, 0.29) is 0 Å². The molecule has 106 valence electrons. The summed E-state index contributed by atoms with van der Waals surface area (Å²) in [6.07, 6.45) is 0. The maximum Gasteiger partial charge on any atom is 0.139 e. The van der Waals surface area contributed by atoms with Crippen molar-refractivity contribution < 1.29 is 0 Å². The Morgan fingerprint density at radius 3 is 2.70 bits per heavy atom. The van der Waals surface area contributed by atoms with Crippen LogP contribution in [0.4, 0.5) is 5.82 Å². The van der Waals surface area contributed by atoms with Crippen molar-refractivity contribution in [1.82, 2.24) is 4.98 Å². The Balaban J connectivity index is 2.43. The molecule has 2 aromatic rings. The van der Waals surface area contributed by atoms with Crippen molar-refractivity contribution in [2.45, 2.75) is 33.4 Å². The SMILES string of the molecule is Cc1ccc(C(N)=S)c(N(Cc2cccs2)C(C)C)n1. The number of pyridine rings is 1. The van der Waals surface area contributed by atoms with Crippen molar-refractivity contribution in [2.24, 2.45) is 5.73 Å². The quantitative estimate of drug-likeness (QED) is 0.859. The van der Waals surface area contributed by atoms with Gasteiger partial charge in [-0.3, -0.25) is 0 Å². The molecule has 0 aliphatic rings. The molecule has 3 nitrogen and oxygen atoms in total. The zero-order valence-electron chi connectivity index (χ0n) is 12.0. The Morgan fingerprint density at radius 1 is 1.40 bits per heavy atom. The van der Waals surface area contributed by atoms with Crippen LogP contribution in [0, 0.1) is 6.92 Å². The molecule has 2 rings (SSSR count). The summed E-state index contributed by atoms with van der Waals surface area (Å²) in [7, 11) is 0. The van der Waals surface area contributed by atoms with Crippen LogP contribution in [0.1, 0.15) is 30.0 Å². The van der Waals surface area contributed by atoms with Gasteiger partial charge in [-0.1, -0.05) is 18.3 Å². The minimum absolute atomic E-state index is 0.319. The monoisotopic (exact) mass is 305 g/mol. The zero-order valence-corrected chi connectivity index (χ0v) is 13.6. The Bertz CT molecular complexity index is 591. The highest BCUT2D eigenvalue weighted by Gasteiger charge is 2.18. The van der Waals surface area contributed by atoms with Crippen LogP contribution in [0.15, 0.2) is 29.6 Å². The van der Waals surface area contributed by atoms with Gasteiger partial charge < -0.3 is 10.6 Å². The maximum absolute atomic E-state index is 5.84. The molecular formula is C15H19N3S2. The molecule has 0 aromatic carbocycles. The van der Waals surface area contributed by atoms with E-state index in [2.05, 4.69) is 41.2 Å². The van der Waals surface area contributed by atoms with Gasteiger partial charge in [-0.2, -0.15) is 0 Å². The van der Waals surface area contributed by atoms with Gasteiger partial charge >= 0.3 is 0 Å². The van der Waals surface area contributed by atoms with E-state index in [0.29, 0.717) is 11.0 Å². The molecule has 0 amide bonds. The highest BCUT2D eigenvalue weighted by atomic mass is 32.1. The normalized spacial score (nSPS) is 10.8. The molecule has 0 saturated carbocycles. The number of thiophene rings is 1. The van der Waals surface area contributed by atoms with E-state index in [9.17, 15) is 0 Å². The number of nitrogens with two attached hydrogens (primary N) is 1. The summed E-state index contributed by atoms with van der Waals surface area (Å²) >= 11 is 6.91. The molecule has 0 atom stereocenters. The van der Waals surface area contributed by atoms with Crippen molar-refractivity contribution in [3.05, 3.63) is 45.8 Å². The Kier molecular flexibility index (Phi) is 4.73. The third-order valence-electron chi connectivity index (χ3n) is 3.08. The third-order valence-corrected chi connectivity index (χ3v) is 4.16. The van der Waals surface area contributed by atoms with Gasteiger partial charge in [0.1, 0.15) is 10.8 Å². The summed E-state index contributed by atoms with van der Waals surface area (Å²) in [6.45, 7) is 7.11. The molecule has 0 radical (unpaired) electrons. The average Bonchev–Trinajstić information content (AvgIpc) is 2.87. The summed E-state index contributed by atoms with van der Waals surface area (Å²) in [4.78, 5) is 8.60. The fourth-order valence-corrected chi connectivity index (χ4v) is 2.89. The molecule has 2 aromatic heterocycles. The molecule has 0 aliphatic carbocycles. The topological polar surface area (TPSA) is 42.1 Å². The van der Waals surface area contributed by atoms with E-state index >= 15 is 0 Å². The molecule has 0 fully saturated rings. The van der Waals surface area contributed by atoms with Crippen LogP contribution >= 0.6 is 23.6 Å². The number of thiocarbonyl (C=S) groups is 1. The van der Waals surface area contributed by atoms with Crippen molar-refractivity contribution in [3.63, 3.8) is 0 Å². The Morgan fingerprint density at radius 2 is 2.15 bits per heavy atom. The minimum Gasteiger partial charge on any atom is -0.389 e. The first kappa shape index (κ1) is 14.9. The lowest BCUT2D eigenvalue weighted by molar-refractivity contribution is 0.675. The van der Waals surface area contributed by atoms with Crippen LogP contribution in [-0.4, -0.2) is 16.0 Å². The molecule has 0 bridgehead atoms. The fourth-order valence-electron chi connectivity index (χ4n) is 2.03. The number of nitrogens with zero attached hydrogens (tertiary/aromatic N) is 2. The van der Waals surface area contributed by atoms with Gasteiger partial charge in [-0.25, -0.2) is 4.98 Å². The van der Waals surface area contributed by atoms with Crippen molar-refractivity contribution in [3.8, 4) is 0 Å². The van der Waals surface area contributed by atoms with Crippen LogP contribution in [0.5, 0.6) is 0 Å². The smallest absolute Gasteiger partial charge is 0.139 e. The first-order valence-electron chi connectivity index (χ1n) is 6.55. The van der Waals surface area contributed by atoms with Crippen molar-refractivity contribution >= 4 is 34.4 Å². The predicted octanol–water partition coefficient (Wildman–Crippen LogP) is 3.50. The number of anilines is 1. The molecule has 0 aliphatic heterocycles. The van der Waals surface area contributed by atoms with E-state index in [1.165, 1.54) is 4.88 Å². The minimum atomic E-state index is 0.319. The second-order valence-corrected chi connectivity index (χ2v) is 6.46. The summed E-state index contributed by atoms with van der Waals surface area (Å²) in [5.41, 5.74) is 7.66. The largest absolute Gasteiger partial charge is 0.389 e. The predicted molar refractivity (Wildman–Crippen MR) is 90.5 cm³/mol. The maximum atomic E-state index is 5.84. The summed E-state index contributed by atoms with van der Waals surface area (Å²) in [5.74, 6) is 0.876. The van der Waals surface area contributed by atoms with E-state index in [4.69, 9.17) is 18.0 Å². The number of hydrogen-bond acceptors (Lipinski definition) is 4. The lowest BCUT2D eigenvalue weighted by Gasteiger charge is -2.29. The van der Waals surface area contributed by atoms with Gasteiger partial charge in [0.05, 0.1) is 12.1 Å².